The van der Waals surface area contributed by atoms with Crippen LogP contribution in [-0.4, -0.2) is 30.3 Å². The maximum absolute atomic E-state index is 12.7. The number of alkyl halides is 4. The summed E-state index contributed by atoms with van der Waals surface area (Å²) >= 11 is 0. The number of aliphatic hydroxyl groups excluding tert-OH is 1. The van der Waals surface area contributed by atoms with E-state index in [4.69, 9.17) is 10.8 Å². The zero-order valence-electron chi connectivity index (χ0n) is 9.32. The first-order valence-electron chi connectivity index (χ1n) is 5.15. The average molecular weight is 267 g/mol. The zero-order valence-corrected chi connectivity index (χ0v) is 9.32. The molecule has 3 N–H and O–H groups in total. The van der Waals surface area contributed by atoms with Crippen LogP contribution in [0.2, 0.25) is 0 Å². The molecule has 0 spiro atoms. The lowest BCUT2D eigenvalue weighted by atomic mass is 10.1. The molecule has 0 heterocycles. The highest BCUT2D eigenvalue weighted by atomic mass is 19.3. The second kappa shape index (κ2) is 6.01. The van der Waals surface area contributed by atoms with E-state index in [1.54, 1.807) is 6.07 Å². The van der Waals surface area contributed by atoms with Crippen LogP contribution in [0.25, 0.3) is 0 Å². The number of hydrogen-bond acceptors (Lipinski definition) is 3. The van der Waals surface area contributed by atoms with E-state index in [0.29, 0.717) is 5.56 Å². The summed E-state index contributed by atoms with van der Waals surface area (Å²) in [6.45, 7) is -0.266. The van der Waals surface area contributed by atoms with Gasteiger partial charge in [0.2, 0.25) is 0 Å². The summed E-state index contributed by atoms with van der Waals surface area (Å²) in [5, 5.41) is 8.75. The lowest BCUT2D eigenvalue weighted by Gasteiger charge is -2.17. The van der Waals surface area contributed by atoms with Crippen molar-refractivity contribution in [2.24, 2.45) is 5.73 Å². The fourth-order valence-electron chi connectivity index (χ4n) is 1.30. The van der Waals surface area contributed by atoms with E-state index < -0.39 is 18.6 Å². The number of nitrogens with two attached hydrogens (primary N) is 1. The van der Waals surface area contributed by atoms with Crippen LogP contribution in [0.3, 0.4) is 0 Å². The molecule has 18 heavy (non-hydrogen) atoms. The van der Waals surface area contributed by atoms with Crippen molar-refractivity contribution in [3.8, 4) is 5.75 Å². The van der Waals surface area contributed by atoms with Gasteiger partial charge in [0, 0.05) is 6.04 Å². The number of hydrogen-bond donors (Lipinski definition) is 2. The van der Waals surface area contributed by atoms with Crippen LogP contribution in [0.1, 0.15) is 5.56 Å². The van der Waals surface area contributed by atoms with E-state index in [2.05, 4.69) is 4.74 Å². The molecule has 0 aromatic heterocycles. The normalized spacial score (nSPS) is 13.7. The first kappa shape index (κ1) is 14.7. The van der Waals surface area contributed by atoms with Gasteiger partial charge in [0.05, 0.1) is 6.61 Å². The highest BCUT2D eigenvalue weighted by Crippen LogP contribution is 2.27. The fourth-order valence-corrected chi connectivity index (χ4v) is 1.30. The molecule has 0 radical (unpaired) electrons. The molecule has 0 saturated heterocycles. The van der Waals surface area contributed by atoms with Crippen LogP contribution in [0.5, 0.6) is 5.75 Å². The Kier molecular flexibility index (Phi) is 4.92. The minimum absolute atomic E-state index is 0.230. The van der Waals surface area contributed by atoms with Crippen molar-refractivity contribution in [1.82, 2.24) is 0 Å². The molecule has 1 rings (SSSR count). The lowest BCUT2D eigenvalue weighted by molar-refractivity contribution is -0.253. The fraction of sp³-hybridized carbons (Fsp3) is 0.455. The van der Waals surface area contributed by atoms with Gasteiger partial charge in [-0.1, -0.05) is 12.1 Å². The topological polar surface area (TPSA) is 55.5 Å². The van der Waals surface area contributed by atoms with Gasteiger partial charge in [-0.2, -0.15) is 17.6 Å². The van der Waals surface area contributed by atoms with Gasteiger partial charge >= 0.3 is 12.5 Å². The Labute approximate surface area is 101 Å². The molecule has 3 nitrogen and oxygen atoms in total. The summed E-state index contributed by atoms with van der Waals surface area (Å²) in [6, 6.07) is 4.74. The van der Waals surface area contributed by atoms with E-state index in [1.807, 2.05) is 0 Å². The Bertz CT molecular complexity index is 387. The molecule has 1 unspecified atom stereocenters. The predicted molar refractivity (Wildman–Crippen MR) is 56.8 cm³/mol. The number of ether oxygens (including phenoxy) is 1. The van der Waals surface area contributed by atoms with Gasteiger partial charge in [-0.15, -0.1) is 0 Å². The van der Waals surface area contributed by atoms with Gasteiger partial charge in [-0.3, -0.25) is 0 Å². The Hall–Kier alpha value is -1.34. The second-order valence-corrected chi connectivity index (χ2v) is 3.76. The molecule has 1 aromatic rings. The lowest BCUT2D eigenvalue weighted by Crippen LogP contribution is -2.33. The second-order valence-electron chi connectivity index (χ2n) is 3.76. The molecule has 0 aliphatic rings. The van der Waals surface area contributed by atoms with Gasteiger partial charge in [-0.25, -0.2) is 0 Å². The van der Waals surface area contributed by atoms with Crippen molar-refractivity contribution in [2.75, 3.05) is 6.61 Å². The van der Waals surface area contributed by atoms with E-state index in [9.17, 15) is 17.6 Å². The predicted octanol–water partition coefficient (Wildman–Crippen LogP) is 1.79. The Morgan fingerprint density at radius 2 is 2.00 bits per heavy atom. The largest absolute Gasteiger partial charge is 0.461 e. The summed E-state index contributed by atoms with van der Waals surface area (Å²) in [6.07, 6.45) is -8.20. The van der Waals surface area contributed by atoms with Crippen LogP contribution in [-0.2, 0) is 6.42 Å². The van der Waals surface area contributed by atoms with Gasteiger partial charge in [-0.05, 0) is 24.1 Å². The standard InChI is InChI=1S/C11H13F4NO2/c12-10(13)11(14,15)18-9-3-1-2-7(5-9)4-8(16)6-17/h1-3,5,8,10,17H,4,6,16H2. The molecule has 1 atom stereocenters. The van der Waals surface area contributed by atoms with Crippen molar-refractivity contribution < 1.29 is 27.4 Å². The molecular formula is C11H13F4NO2. The van der Waals surface area contributed by atoms with Crippen LogP contribution in [0.15, 0.2) is 24.3 Å². The number of aliphatic hydroxyl groups is 1. The number of benzene rings is 1. The average Bonchev–Trinajstić information content (AvgIpc) is 2.28. The molecule has 0 aliphatic heterocycles. The van der Waals surface area contributed by atoms with Crippen molar-refractivity contribution in [2.45, 2.75) is 25.0 Å². The van der Waals surface area contributed by atoms with Crippen LogP contribution >= 0.6 is 0 Å². The van der Waals surface area contributed by atoms with Crippen molar-refractivity contribution in [1.29, 1.82) is 0 Å². The Morgan fingerprint density at radius 1 is 1.33 bits per heavy atom. The van der Waals surface area contributed by atoms with Crippen molar-refractivity contribution in [3.63, 3.8) is 0 Å². The Morgan fingerprint density at radius 3 is 2.56 bits per heavy atom. The molecule has 7 heteroatoms. The maximum Gasteiger partial charge on any atom is 0.461 e. The van der Waals surface area contributed by atoms with E-state index in [1.165, 1.54) is 12.1 Å². The third-order valence-electron chi connectivity index (χ3n) is 2.14. The summed E-state index contributed by atoms with van der Waals surface area (Å²) in [5.41, 5.74) is 5.98. The van der Waals surface area contributed by atoms with Gasteiger partial charge in [0.1, 0.15) is 5.75 Å². The first-order chi connectivity index (χ1) is 8.35. The summed E-state index contributed by atoms with van der Waals surface area (Å²) in [4.78, 5) is 0. The minimum Gasteiger partial charge on any atom is -0.428 e. The Balaban J connectivity index is 2.76. The van der Waals surface area contributed by atoms with E-state index in [0.717, 1.165) is 6.07 Å². The highest BCUT2D eigenvalue weighted by molar-refractivity contribution is 5.29. The van der Waals surface area contributed by atoms with Crippen LogP contribution in [0.4, 0.5) is 17.6 Å². The monoisotopic (exact) mass is 267 g/mol. The SMILES string of the molecule is NC(CO)Cc1cccc(OC(F)(F)C(F)F)c1. The van der Waals surface area contributed by atoms with Gasteiger partial charge in [0.15, 0.2) is 0 Å². The first-order valence-corrected chi connectivity index (χ1v) is 5.15. The van der Waals surface area contributed by atoms with Crippen molar-refractivity contribution >= 4 is 0 Å². The van der Waals surface area contributed by atoms with E-state index in [-0.39, 0.29) is 18.8 Å². The molecule has 0 saturated carbocycles. The molecule has 102 valence electrons. The van der Waals surface area contributed by atoms with Crippen LogP contribution < -0.4 is 10.5 Å². The maximum atomic E-state index is 12.7. The molecule has 0 aliphatic carbocycles. The third-order valence-corrected chi connectivity index (χ3v) is 2.14. The smallest absolute Gasteiger partial charge is 0.428 e. The third kappa shape index (κ3) is 4.15. The molecule has 1 aromatic carbocycles. The van der Waals surface area contributed by atoms with E-state index >= 15 is 0 Å². The van der Waals surface area contributed by atoms with Crippen molar-refractivity contribution in [3.05, 3.63) is 29.8 Å². The quantitative estimate of drug-likeness (QED) is 0.772. The molecular weight excluding hydrogens is 254 g/mol. The summed E-state index contributed by atoms with van der Waals surface area (Å²) in [7, 11) is 0. The van der Waals surface area contributed by atoms with Gasteiger partial charge < -0.3 is 15.6 Å². The summed E-state index contributed by atoms with van der Waals surface area (Å²) in [5.74, 6) is -0.372. The summed E-state index contributed by atoms with van der Waals surface area (Å²) < 4.78 is 53.1. The molecule has 0 fully saturated rings. The number of rotatable bonds is 6. The molecule has 0 amide bonds. The number of halogens is 4. The zero-order chi connectivity index (χ0) is 13.8. The minimum atomic E-state index is -4.53. The van der Waals surface area contributed by atoms with Crippen LogP contribution in [0, 0.1) is 0 Å². The highest BCUT2D eigenvalue weighted by Gasteiger charge is 2.43. The molecule has 0 bridgehead atoms. The van der Waals surface area contributed by atoms with Gasteiger partial charge in [0.25, 0.3) is 0 Å².